The molecule has 29 heavy (non-hydrogen) atoms. The van der Waals surface area contributed by atoms with E-state index >= 15 is 0 Å². The molecule has 156 valence electrons. The van der Waals surface area contributed by atoms with Crippen LogP contribution in [0, 0.1) is 5.82 Å². The Balaban J connectivity index is 2.01. The van der Waals surface area contributed by atoms with Crippen molar-refractivity contribution in [2.45, 2.75) is 32.7 Å². The van der Waals surface area contributed by atoms with Gasteiger partial charge >= 0.3 is 0 Å². The Hall–Kier alpha value is -3.09. The van der Waals surface area contributed by atoms with E-state index in [1.54, 1.807) is 44.2 Å². The van der Waals surface area contributed by atoms with Crippen molar-refractivity contribution in [1.29, 1.82) is 0 Å². The topological polar surface area (TPSA) is 76.7 Å². The van der Waals surface area contributed by atoms with Crippen LogP contribution in [-0.4, -0.2) is 32.1 Å². The van der Waals surface area contributed by atoms with E-state index in [1.807, 2.05) is 6.92 Å². The van der Waals surface area contributed by atoms with Crippen LogP contribution in [-0.2, 0) is 21.5 Å². The second-order valence-electron chi connectivity index (χ2n) is 7.04. The summed E-state index contributed by atoms with van der Waals surface area (Å²) in [5.74, 6) is 0.180. The standard InChI is InChI=1S/C22H27FN2O4/c1-5-24-20(26)14-29-18-11-6-15(12-19(18)28-4)13-25-21(27)22(2,3)16-7-9-17(23)10-8-16/h6-12H,5,13-14H2,1-4H3,(H,24,26)(H,25,27). The predicted octanol–water partition coefficient (Wildman–Crippen LogP) is 2.94. The van der Waals surface area contributed by atoms with Gasteiger partial charge in [-0.25, -0.2) is 4.39 Å². The van der Waals surface area contributed by atoms with Crippen LogP contribution in [0.3, 0.4) is 0 Å². The van der Waals surface area contributed by atoms with Crippen LogP contribution in [0.5, 0.6) is 11.5 Å². The highest BCUT2D eigenvalue weighted by Gasteiger charge is 2.29. The molecule has 2 amide bonds. The largest absolute Gasteiger partial charge is 0.493 e. The molecule has 2 rings (SSSR count). The van der Waals surface area contributed by atoms with Crippen molar-refractivity contribution >= 4 is 11.8 Å². The number of halogens is 1. The van der Waals surface area contributed by atoms with Crippen LogP contribution >= 0.6 is 0 Å². The summed E-state index contributed by atoms with van der Waals surface area (Å²) in [7, 11) is 1.51. The van der Waals surface area contributed by atoms with E-state index in [0.717, 1.165) is 11.1 Å². The first kappa shape index (κ1) is 22.2. The van der Waals surface area contributed by atoms with Crippen molar-refractivity contribution in [2.24, 2.45) is 0 Å². The number of rotatable bonds is 9. The van der Waals surface area contributed by atoms with E-state index in [-0.39, 0.29) is 30.8 Å². The third-order valence-electron chi connectivity index (χ3n) is 4.55. The molecule has 0 fully saturated rings. The number of carbonyl (C=O) groups is 2. The smallest absolute Gasteiger partial charge is 0.257 e. The molecule has 2 N–H and O–H groups in total. The van der Waals surface area contributed by atoms with Crippen LogP contribution in [0.15, 0.2) is 42.5 Å². The summed E-state index contributed by atoms with van der Waals surface area (Å²) in [5.41, 5.74) is 0.728. The molecule has 0 bridgehead atoms. The SMILES string of the molecule is CCNC(=O)COc1ccc(CNC(=O)C(C)(C)c2ccc(F)cc2)cc1OC. The Morgan fingerprint density at radius 2 is 1.72 bits per heavy atom. The maximum absolute atomic E-state index is 13.1. The fourth-order valence-electron chi connectivity index (χ4n) is 2.73. The summed E-state index contributed by atoms with van der Waals surface area (Å²) < 4.78 is 24.0. The second kappa shape index (κ2) is 9.91. The molecular weight excluding hydrogens is 375 g/mol. The van der Waals surface area contributed by atoms with Crippen molar-refractivity contribution in [2.75, 3.05) is 20.3 Å². The molecule has 2 aromatic carbocycles. The molecule has 0 unspecified atom stereocenters. The van der Waals surface area contributed by atoms with Crippen molar-refractivity contribution in [3.05, 3.63) is 59.4 Å². The number of amides is 2. The summed E-state index contributed by atoms with van der Waals surface area (Å²) in [5, 5.41) is 5.55. The fourth-order valence-corrected chi connectivity index (χ4v) is 2.73. The third-order valence-corrected chi connectivity index (χ3v) is 4.55. The van der Waals surface area contributed by atoms with Gasteiger partial charge in [-0.2, -0.15) is 0 Å². The van der Waals surface area contributed by atoms with Crippen LogP contribution in [0.2, 0.25) is 0 Å². The highest BCUT2D eigenvalue weighted by atomic mass is 19.1. The molecule has 0 aliphatic heterocycles. The molecule has 0 aromatic heterocycles. The number of benzene rings is 2. The van der Waals surface area contributed by atoms with Crippen LogP contribution in [0.25, 0.3) is 0 Å². The van der Waals surface area contributed by atoms with E-state index in [4.69, 9.17) is 9.47 Å². The summed E-state index contributed by atoms with van der Waals surface area (Å²) in [6, 6.07) is 11.1. The van der Waals surface area contributed by atoms with Gasteiger partial charge in [-0.1, -0.05) is 18.2 Å². The first-order valence-corrected chi connectivity index (χ1v) is 9.38. The lowest BCUT2D eigenvalue weighted by Crippen LogP contribution is -2.39. The summed E-state index contributed by atoms with van der Waals surface area (Å²) >= 11 is 0. The zero-order chi connectivity index (χ0) is 21.4. The third kappa shape index (κ3) is 5.94. The maximum Gasteiger partial charge on any atom is 0.257 e. The molecule has 7 heteroatoms. The Bertz CT molecular complexity index is 850. The highest BCUT2D eigenvalue weighted by Crippen LogP contribution is 2.28. The van der Waals surface area contributed by atoms with Crippen LogP contribution in [0.1, 0.15) is 31.9 Å². The molecule has 0 saturated heterocycles. The Labute approximate surface area is 170 Å². The van der Waals surface area contributed by atoms with Crippen molar-refractivity contribution in [3.63, 3.8) is 0 Å². The summed E-state index contributed by atoms with van der Waals surface area (Å²) in [6.07, 6.45) is 0. The minimum atomic E-state index is -0.812. The quantitative estimate of drug-likeness (QED) is 0.676. The van der Waals surface area contributed by atoms with Crippen molar-refractivity contribution in [3.8, 4) is 11.5 Å². The van der Waals surface area contributed by atoms with Gasteiger partial charge in [0.15, 0.2) is 18.1 Å². The van der Waals surface area contributed by atoms with Gasteiger partial charge in [0.05, 0.1) is 12.5 Å². The molecule has 0 spiro atoms. The van der Waals surface area contributed by atoms with Crippen molar-refractivity contribution < 1.29 is 23.5 Å². The fraction of sp³-hybridized carbons (Fsp3) is 0.364. The van der Waals surface area contributed by atoms with E-state index in [2.05, 4.69) is 10.6 Å². The molecule has 6 nitrogen and oxygen atoms in total. The van der Waals surface area contributed by atoms with Gasteiger partial charge in [-0.3, -0.25) is 9.59 Å². The zero-order valence-corrected chi connectivity index (χ0v) is 17.2. The van der Waals surface area contributed by atoms with Crippen LogP contribution < -0.4 is 20.1 Å². The van der Waals surface area contributed by atoms with E-state index in [9.17, 15) is 14.0 Å². The van der Waals surface area contributed by atoms with E-state index < -0.39 is 5.41 Å². The van der Waals surface area contributed by atoms with Crippen molar-refractivity contribution in [1.82, 2.24) is 10.6 Å². The Morgan fingerprint density at radius 1 is 1.03 bits per heavy atom. The minimum Gasteiger partial charge on any atom is -0.493 e. The zero-order valence-electron chi connectivity index (χ0n) is 17.2. The molecule has 2 aromatic rings. The monoisotopic (exact) mass is 402 g/mol. The second-order valence-corrected chi connectivity index (χ2v) is 7.04. The van der Waals surface area contributed by atoms with Gasteiger partial charge in [0.1, 0.15) is 5.82 Å². The average Bonchev–Trinajstić information content (AvgIpc) is 2.71. The van der Waals surface area contributed by atoms with Gasteiger partial charge in [-0.15, -0.1) is 0 Å². The molecule has 0 aliphatic carbocycles. The van der Waals surface area contributed by atoms with Crippen LogP contribution in [0.4, 0.5) is 4.39 Å². The lowest BCUT2D eigenvalue weighted by Gasteiger charge is -2.24. The number of likely N-dealkylation sites (N-methyl/N-ethyl adjacent to an activating group) is 1. The number of carbonyl (C=O) groups excluding carboxylic acids is 2. The number of ether oxygens (including phenoxy) is 2. The normalized spacial score (nSPS) is 10.9. The molecule has 0 aliphatic rings. The molecule has 0 atom stereocenters. The summed E-state index contributed by atoms with van der Waals surface area (Å²) in [4.78, 5) is 24.2. The first-order chi connectivity index (χ1) is 13.8. The number of hydrogen-bond donors (Lipinski definition) is 2. The lowest BCUT2D eigenvalue weighted by atomic mass is 9.83. The number of nitrogens with one attached hydrogen (secondary N) is 2. The maximum atomic E-state index is 13.1. The summed E-state index contributed by atoms with van der Waals surface area (Å²) in [6.45, 7) is 6.12. The van der Waals surface area contributed by atoms with E-state index in [0.29, 0.717) is 18.0 Å². The van der Waals surface area contributed by atoms with Gasteiger partial charge < -0.3 is 20.1 Å². The van der Waals surface area contributed by atoms with E-state index in [1.165, 1.54) is 19.2 Å². The number of hydrogen-bond acceptors (Lipinski definition) is 4. The molecule has 0 saturated carbocycles. The molecule has 0 heterocycles. The van der Waals surface area contributed by atoms with Gasteiger partial charge in [0.2, 0.25) is 5.91 Å². The Morgan fingerprint density at radius 3 is 2.34 bits per heavy atom. The minimum absolute atomic E-state index is 0.105. The van der Waals surface area contributed by atoms with Gasteiger partial charge in [0.25, 0.3) is 5.91 Å². The van der Waals surface area contributed by atoms with Gasteiger partial charge in [0, 0.05) is 13.1 Å². The molecular formula is C22H27FN2O4. The average molecular weight is 402 g/mol. The Kier molecular flexibility index (Phi) is 7.59. The predicted molar refractivity (Wildman–Crippen MR) is 108 cm³/mol. The lowest BCUT2D eigenvalue weighted by molar-refractivity contribution is -0.126. The number of methoxy groups -OCH3 is 1. The van der Waals surface area contributed by atoms with Gasteiger partial charge in [-0.05, 0) is 56.2 Å². The molecule has 0 radical (unpaired) electrons. The highest BCUT2D eigenvalue weighted by molar-refractivity contribution is 5.87. The first-order valence-electron chi connectivity index (χ1n) is 9.38.